The minimum atomic E-state index is 0.634. The highest BCUT2D eigenvalue weighted by molar-refractivity contribution is 6.30. The zero-order valence-corrected chi connectivity index (χ0v) is 18.0. The molecule has 0 atom stereocenters. The van der Waals surface area contributed by atoms with Crippen LogP contribution in [0.4, 0.5) is 0 Å². The van der Waals surface area contributed by atoms with E-state index in [1.54, 1.807) is 6.08 Å². The Kier molecular flexibility index (Phi) is 9.07. The quantitative estimate of drug-likeness (QED) is 0.403. The summed E-state index contributed by atoms with van der Waals surface area (Å²) in [5.74, 6) is 0.634. The SMILES string of the molecule is C=C/C(=C\C=C/C)c1nc(-c2ccccc2)cc(-c2cccc(Cl)c2)n1.CCC. The van der Waals surface area contributed by atoms with Gasteiger partial charge in [-0.15, -0.1) is 0 Å². The summed E-state index contributed by atoms with van der Waals surface area (Å²) in [4.78, 5) is 9.51. The first-order chi connectivity index (χ1) is 14.1. The predicted molar refractivity (Wildman–Crippen MR) is 127 cm³/mol. The van der Waals surface area contributed by atoms with Gasteiger partial charge in [-0.3, -0.25) is 0 Å². The van der Waals surface area contributed by atoms with Crippen molar-refractivity contribution in [1.29, 1.82) is 0 Å². The van der Waals surface area contributed by atoms with E-state index in [1.165, 1.54) is 6.42 Å². The van der Waals surface area contributed by atoms with Crippen molar-refractivity contribution < 1.29 is 0 Å². The van der Waals surface area contributed by atoms with Gasteiger partial charge in [0, 0.05) is 21.7 Å². The fraction of sp³-hybridized carbons (Fsp3) is 0.154. The maximum Gasteiger partial charge on any atom is 0.160 e. The highest BCUT2D eigenvalue weighted by Crippen LogP contribution is 2.27. The smallest absolute Gasteiger partial charge is 0.160 e. The first-order valence-corrected chi connectivity index (χ1v) is 10.2. The Morgan fingerprint density at radius 2 is 1.55 bits per heavy atom. The van der Waals surface area contributed by atoms with Gasteiger partial charge < -0.3 is 0 Å². The standard InChI is InChI=1S/C23H19ClN2.C3H8/c1-3-5-10-17(4-2)23-25-21(18-11-7-6-8-12-18)16-22(26-23)19-13-9-14-20(24)15-19;1-3-2/h3-16H,2H2,1H3;3H2,1-2H3/b5-3-,17-10+;. The molecule has 0 aliphatic carbocycles. The first kappa shape index (κ1) is 22.3. The van der Waals surface area contributed by atoms with Crippen molar-refractivity contribution in [1.82, 2.24) is 9.97 Å². The van der Waals surface area contributed by atoms with Crippen LogP contribution in [0.5, 0.6) is 0 Å². The molecule has 0 bridgehead atoms. The number of nitrogens with zero attached hydrogens (tertiary/aromatic N) is 2. The highest BCUT2D eigenvalue weighted by Gasteiger charge is 2.10. The van der Waals surface area contributed by atoms with Gasteiger partial charge in [-0.2, -0.15) is 0 Å². The maximum absolute atomic E-state index is 6.17. The maximum atomic E-state index is 6.17. The Hall–Kier alpha value is -2.97. The van der Waals surface area contributed by atoms with Crippen molar-refractivity contribution in [2.24, 2.45) is 0 Å². The summed E-state index contributed by atoms with van der Waals surface area (Å²) in [5, 5.41) is 0.678. The number of aromatic nitrogens is 2. The fourth-order valence-electron chi connectivity index (χ4n) is 2.56. The van der Waals surface area contributed by atoms with Gasteiger partial charge in [-0.05, 0) is 25.1 Å². The number of rotatable bonds is 5. The van der Waals surface area contributed by atoms with E-state index in [0.717, 1.165) is 28.1 Å². The molecular weight excluding hydrogens is 376 g/mol. The van der Waals surface area contributed by atoms with Crippen LogP contribution >= 0.6 is 11.6 Å². The molecule has 0 radical (unpaired) electrons. The molecule has 0 amide bonds. The second-order valence-corrected chi connectivity index (χ2v) is 6.83. The normalized spacial score (nSPS) is 11.1. The van der Waals surface area contributed by atoms with Crippen molar-refractivity contribution in [2.75, 3.05) is 0 Å². The molecule has 2 nitrogen and oxygen atoms in total. The van der Waals surface area contributed by atoms with Crippen molar-refractivity contribution >= 4 is 17.2 Å². The van der Waals surface area contributed by atoms with E-state index >= 15 is 0 Å². The summed E-state index contributed by atoms with van der Waals surface area (Å²) in [5.41, 5.74) is 4.54. The fourth-order valence-corrected chi connectivity index (χ4v) is 2.75. The van der Waals surface area contributed by atoms with E-state index in [0.29, 0.717) is 10.8 Å². The van der Waals surface area contributed by atoms with Crippen LogP contribution in [-0.4, -0.2) is 9.97 Å². The summed E-state index contributed by atoms with van der Waals surface area (Å²) >= 11 is 6.17. The molecule has 29 heavy (non-hydrogen) atoms. The lowest BCUT2D eigenvalue weighted by Crippen LogP contribution is -1.98. The van der Waals surface area contributed by atoms with Gasteiger partial charge in [-0.1, -0.05) is 105 Å². The van der Waals surface area contributed by atoms with Gasteiger partial charge in [0.15, 0.2) is 5.82 Å². The van der Waals surface area contributed by atoms with E-state index < -0.39 is 0 Å². The third-order valence-electron chi connectivity index (χ3n) is 3.86. The molecule has 148 valence electrons. The van der Waals surface area contributed by atoms with E-state index in [9.17, 15) is 0 Å². The lowest BCUT2D eigenvalue weighted by atomic mass is 10.1. The van der Waals surface area contributed by atoms with Gasteiger partial charge >= 0.3 is 0 Å². The van der Waals surface area contributed by atoms with Gasteiger partial charge in [0.1, 0.15) is 0 Å². The Balaban J connectivity index is 0.000000941. The summed E-state index contributed by atoms with van der Waals surface area (Å²) in [7, 11) is 0. The number of hydrogen-bond acceptors (Lipinski definition) is 2. The van der Waals surface area contributed by atoms with E-state index in [-0.39, 0.29) is 0 Å². The molecule has 1 aromatic heterocycles. The lowest BCUT2D eigenvalue weighted by Gasteiger charge is -2.09. The number of benzene rings is 2. The van der Waals surface area contributed by atoms with Crippen LogP contribution in [0, 0.1) is 0 Å². The van der Waals surface area contributed by atoms with Crippen LogP contribution in [0.15, 0.2) is 91.5 Å². The monoisotopic (exact) mass is 402 g/mol. The zero-order valence-electron chi connectivity index (χ0n) is 17.3. The first-order valence-electron chi connectivity index (χ1n) is 9.79. The highest BCUT2D eigenvalue weighted by atomic mass is 35.5. The molecule has 0 aliphatic rings. The second-order valence-electron chi connectivity index (χ2n) is 6.40. The van der Waals surface area contributed by atoms with Crippen LogP contribution < -0.4 is 0 Å². The predicted octanol–water partition coefficient (Wildman–Crippen LogP) is 8.03. The molecule has 3 rings (SSSR count). The summed E-state index contributed by atoms with van der Waals surface area (Å²) in [6, 6.07) is 19.7. The lowest BCUT2D eigenvalue weighted by molar-refractivity contribution is 1.09. The number of hydrogen-bond donors (Lipinski definition) is 0. The molecular formula is C26H27ClN2. The molecule has 0 aliphatic heterocycles. The molecule has 0 spiro atoms. The van der Waals surface area contributed by atoms with Crippen LogP contribution in [0.3, 0.4) is 0 Å². The van der Waals surface area contributed by atoms with Gasteiger partial charge in [0.2, 0.25) is 0 Å². The zero-order chi connectivity index (χ0) is 21.1. The molecule has 2 aromatic carbocycles. The number of allylic oxidation sites excluding steroid dienone is 5. The molecule has 0 fully saturated rings. The van der Waals surface area contributed by atoms with Crippen molar-refractivity contribution in [3.05, 3.63) is 102 Å². The number of halogens is 1. The third-order valence-corrected chi connectivity index (χ3v) is 4.10. The summed E-state index contributed by atoms with van der Waals surface area (Å²) in [6.45, 7) is 10.1. The molecule has 0 unspecified atom stereocenters. The Morgan fingerprint density at radius 1 is 0.931 bits per heavy atom. The third kappa shape index (κ3) is 6.55. The summed E-state index contributed by atoms with van der Waals surface area (Å²) < 4.78 is 0. The average Bonchev–Trinajstić information content (AvgIpc) is 2.75. The minimum Gasteiger partial charge on any atom is -0.228 e. The van der Waals surface area contributed by atoms with Gasteiger partial charge in [-0.25, -0.2) is 9.97 Å². The second kappa shape index (κ2) is 11.8. The molecule has 0 N–H and O–H groups in total. The molecule has 1 heterocycles. The van der Waals surface area contributed by atoms with E-state index in [1.807, 2.05) is 85.8 Å². The van der Waals surface area contributed by atoms with Crippen molar-refractivity contribution in [3.63, 3.8) is 0 Å². The van der Waals surface area contributed by atoms with Crippen LogP contribution in [-0.2, 0) is 0 Å². The largest absolute Gasteiger partial charge is 0.228 e. The molecule has 0 saturated heterocycles. The average molecular weight is 403 g/mol. The van der Waals surface area contributed by atoms with E-state index in [4.69, 9.17) is 21.6 Å². The van der Waals surface area contributed by atoms with Crippen molar-refractivity contribution in [2.45, 2.75) is 27.2 Å². The molecule has 3 heteroatoms. The van der Waals surface area contributed by atoms with Crippen LogP contribution in [0.25, 0.3) is 28.1 Å². The topological polar surface area (TPSA) is 25.8 Å². The van der Waals surface area contributed by atoms with Crippen LogP contribution in [0.1, 0.15) is 33.0 Å². The van der Waals surface area contributed by atoms with E-state index in [2.05, 4.69) is 20.4 Å². The molecule has 0 saturated carbocycles. The Morgan fingerprint density at radius 3 is 2.14 bits per heavy atom. The summed E-state index contributed by atoms with van der Waals surface area (Å²) in [6.07, 6.45) is 8.89. The van der Waals surface area contributed by atoms with Gasteiger partial charge in [0.25, 0.3) is 0 Å². The minimum absolute atomic E-state index is 0.634. The van der Waals surface area contributed by atoms with Crippen molar-refractivity contribution in [3.8, 4) is 22.5 Å². The van der Waals surface area contributed by atoms with Gasteiger partial charge in [0.05, 0.1) is 11.4 Å². The Bertz CT molecular complexity index is 989. The van der Waals surface area contributed by atoms with Crippen LogP contribution in [0.2, 0.25) is 5.02 Å². The Labute approximate surface area is 179 Å². The molecule has 3 aromatic rings.